The molecule has 1 saturated heterocycles. The number of hydrogen-bond acceptors (Lipinski definition) is 2. The Morgan fingerprint density at radius 3 is 2.64 bits per heavy atom. The monoisotopic (exact) mass is 416 g/mol. The zero-order valence-electron chi connectivity index (χ0n) is 17.2. The van der Waals surface area contributed by atoms with Crippen LogP contribution in [-0.4, -0.2) is 34.9 Å². The van der Waals surface area contributed by atoms with Crippen molar-refractivity contribution in [3.63, 3.8) is 0 Å². The van der Waals surface area contributed by atoms with Gasteiger partial charge >= 0.3 is 0 Å². The molecule has 1 aliphatic heterocycles. The van der Waals surface area contributed by atoms with Crippen molar-refractivity contribution in [3.05, 3.63) is 35.9 Å². The topological polar surface area (TPSA) is 29.3 Å². The standard InChI is InChI=1S/C24H33ClN2S/c1-22(2)15-27(9-8-19(22)26)21(28)20-16-10-23(17-6-4-3-5-7-17)12-18(20)24(11-16,13-23)14-25/h3-7,16,18-20H,8-15,26H2,1-2H3/t16?,18?,19-,20?,23?,24?/m0/s1. The second kappa shape index (κ2) is 6.43. The van der Waals surface area contributed by atoms with Crippen molar-refractivity contribution in [1.82, 2.24) is 4.90 Å². The maximum absolute atomic E-state index is 6.68. The molecular formula is C24H33ClN2S. The van der Waals surface area contributed by atoms with E-state index < -0.39 is 0 Å². The summed E-state index contributed by atoms with van der Waals surface area (Å²) in [5.41, 5.74) is 8.67. The molecular weight excluding hydrogens is 384 g/mol. The second-order valence-electron chi connectivity index (χ2n) is 11.0. The van der Waals surface area contributed by atoms with E-state index in [9.17, 15) is 0 Å². The third kappa shape index (κ3) is 2.65. The number of nitrogens with two attached hydrogens (primary N) is 1. The summed E-state index contributed by atoms with van der Waals surface area (Å²) in [5.74, 6) is 2.67. The molecule has 4 aliphatic carbocycles. The van der Waals surface area contributed by atoms with Crippen molar-refractivity contribution in [1.29, 1.82) is 0 Å². The van der Waals surface area contributed by atoms with Crippen LogP contribution in [0.25, 0.3) is 0 Å². The van der Waals surface area contributed by atoms with Crippen LogP contribution in [0.1, 0.15) is 51.5 Å². The Bertz CT molecular complexity index is 780. The van der Waals surface area contributed by atoms with E-state index >= 15 is 0 Å². The molecule has 4 saturated carbocycles. The molecule has 4 bridgehead atoms. The predicted molar refractivity (Wildman–Crippen MR) is 121 cm³/mol. The van der Waals surface area contributed by atoms with Gasteiger partial charge in [0.2, 0.25) is 0 Å². The molecule has 1 aromatic carbocycles. The minimum Gasteiger partial charge on any atom is -0.365 e. The Morgan fingerprint density at radius 2 is 1.96 bits per heavy atom. The number of rotatable bonds is 3. The van der Waals surface area contributed by atoms with E-state index in [2.05, 4.69) is 49.1 Å². The lowest BCUT2D eigenvalue weighted by Gasteiger charge is -2.48. The molecule has 2 nitrogen and oxygen atoms in total. The minimum absolute atomic E-state index is 0.133. The number of piperidine rings is 1. The number of likely N-dealkylation sites (tertiary alicyclic amines) is 1. The maximum atomic E-state index is 6.68. The van der Waals surface area contributed by atoms with E-state index in [0.717, 1.165) is 25.4 Å². The van der Waals surface area contributed by atoms with Gasteiger partial charge in [-0.25, -0.2) is 0 Å². The highest BCUT2D eigenvalue weighted by Gasteiger charge is 2.68. The summed E-state index contributed by atoms with van der Waals surface area (Å²) in [4.78, 5) is 3.74. The number of hydrogen-bond donors (Lipinski definition) is 1. The van der Waals surface area contributed by atoms with E-state index in [1.54, 1.807) is 0 Å². The normalized spacial score (nSPS) is 43.5. The van der Waals surface area contributed by atoms with E-state index in [1.807, 2.05) is 0 Å². The van der Waals surface area contributed by atoms with Crippen LogP contribution in [-0.2, 0) is 5.41 Å². The lowest BCUT2D eigenvalue weighted by atomic mass is 9.62. The van der Waals surface area contributed by atoms with E-state index in [0.29, 0.717) is 23.2 Å². The van der Waals surface area contributed by atoms with Crippen LogP contribution < -0.4 is 5.73 Å². The van der Waals surface area contributed by atoms with E-state index in [4.69, 9.17) is 29.6 Å². The zero-order chi connectivity index (χ0) is 19.7. The van der Waals surface area contributed by atoms with Crippen molar-refractivity contribution >= 4 is 28.8 Å². The molecule has 5 aliphatic rings. The van der Waals surface area contributed by atoms with Gasteiger partial charge in [-0.3, -0.25) is 0 Å². The molecule has 6 rings (SSSR count). The van der Waals surface area contributed by atoms with Gasteiger partial charge in [0.1, 0.15) is 0 Å². The summed E-state index contributed by atoms with van der Waals surface area (Å²) in [6.07, 6.45) is 6.13. The summed E-state index contributed by atoms with van der Waals surface area (Å²) in [7, 11) is 0. The minimum atomic E-state index is 0.133. The van der Waals surface area contributed by atoms with Gasteiger partial charge in [-0.15, -0.1) is 11.6 Å². The van der Waals surface area contributed by atoms with E-state index in [1.165, 1.54) is 36.2 Å². The molecule has 0 spiro atoms. The summed E-state index contributed by atoms with van der Waals surface area (Å²) in [5, 5.41) is 0. The van der Waals surface area contributed by atoms with Crippen molar-refractivity contribution in [3.8, 4) is 0 Å². The molecule has 1 aromatic rings. The van der Waals surface area contributed by atoms with Gasteiger partial charge in [0.05, 0.1) is 4.99 Å². The Balaban J connectivity index is 1.43. The molecule has 6 atom stereocenters. The highest BCUT2D eigenvalue weighted by Crippen LogP contribution is 2.73. The molecule has 5 unspecified atom stereocenters. The van der Waals surface area contributed by atoms with Crippen LogP contribution >= 0.6 is 23.8 Å². The number of thiocarbonyl (C=S) groups is 1. The largest absolute Gasteiger partial charge is 0.365 e. The van der Waals surface area contributed by atoms with Crippen LogP contribution in [0.2, 0.25) is 0 Å². The van der Waals surface area contributed by atoms with Crippen molar-refractivity contribution in [2.75, 3.05) is 19.0 Å². The molecule has 0 radical (unpaired) electrons. The van der Waals surface area contributed by atoms with E-state index in [-0.39, 0.29) is 16.9 Å². The first-order chi connectivity index (χ1) is 13.3. The number of nitrogens with zero attached hydrogens (tertiary/aromatic N) is 1. The smallest absolute Gasteiger partial charge is 0.0816 e. The van der Waals surface area contributed by atoms with Crippen LogP contribution in [0.15, 0.2) is 30.3 Å². The fraction of sp³-hybridized carbons (Fsp3) is 0.708. The van der Waals surface area contributed by atoms with Gasteiger partial charge in [0.15, 0.2) is 0 Å². The Morgan fingerprint density at radius 1 is 1.21 bits per heavy atom. The lowest BCUT2D eigenvalue weighted by Crippen LogP contribution is -2.55. The molecule has 1 heterocycles. The quantitative estimate of drug-likeness (QED) is 0.556. The van der Waals surface area contributed by atoms with Crippen molar-refractivity contribution in [2.24, 2.45) is 34.3 Å². The second-order valence-corrected chi connectivity index (χ2v) is 11.7. The fourth-order valence-corrected chi connectivity index (χ4v) is 8.47. The Hall–Kier alpha value is -0.640. The van der Waals surface area contributed by atoms with Crippen molar-refractivity contribution in [2.45, 2.75) is 57.4 Å². The molecule has 0 aromatic heterocycles. The average molecular weight is 417 g/mol. The first-order valence-corrected chi connectivity index (χ1v) is 11.9. The van der Waals surface area contributed by atoms with Gasteiger partial charge in [-0.1, -0.05) is 56.4 Å². The molecule has 4 heteroatoms. The number of alkyl halides is 1. The SMILES string of the molecule is CC1(C)CN(C(=S)C2C3CC4(c5ccccc5)CC2C(CCl)(C3)C4)CC[C@@H]1N. The molecule has 0 amide bonds. The maximum Gasteiger partial charge on any atom is 0.0816 e. The Labute approximate surface area is 180 Å². The summed E-state index contributed by atoms with van der Waals surface area (Å²) in [6.45, 7) is 6.62. The van der Waals surface area contributed by atoms with Gasteiger partial charge < -0.3 is 10.6 Å². The first-order valence-electron chi connectivity index (χ1n) is 11.0. The fourth-order valence-electron chi connectivity index (χ4n) is 7.56. The zero-order valence-corrected chi connectivity index (χ0v) is 18.7. The van der Waals surface area contributed by atoms with Crippen LogP contribution in [0, 0.1) is 28.6 Å². The Kier molecular flexibility index (Phi) is 4.44. The summed E-state index contributed by atoms with van der Waals surface area (Å²) in [6, 6.07) is 11.5. The molecule has 28 heavy (non-hydrogen) atoms. The highest BCUT2D eigenvalue weighted by molar-refractivity contribution is 7.80. The lowest BCUT2D eigenvalue weighted by molar-refractivity contribution is 0.134. The summed E-state index contributed by atoms with van der Waals surface area (Å²) >= 11 is 12.9. The van der Waals surface area contributed by atoms with Crippen molar-refractivity contribution < 1.29 is 0 Å². The molecule has 2 N–H and O–H groups in total. The van der Waals surface area contributed by atoms with Gasteiger partial charge in [-0.05, 0) is 65.7 Å². The van der Waals surface area contributed by atoms with Gasteiger partial charge in [0.25, 0.3) is 0 Å². The van der Waals surface area contributed by atoms with Gasteiger partial charge in [0, 0.05) is 30.9 Å². The third-order valence-corrected chi connectivity index (χ3v) is 9.97. The van der Waals surface area contributed by atoms with Crippen LogP contribution in [0.5, 0.6) is 0 Å². The van der Waals surface area contributed by atoms with Crippen LogP contribution in [0.3, 0.4) is 0 Å². The number of halogens is 1. The highest BCUT2D eigenvalue weighted by atomic mass is 35.5. The average Bonchev–Trinajstić information content (AvgIpc) is 3.06. The summed E-state index contributed by atoms with van der Waals surface area (Å²) < 4.78 is 0. The van der Waals surface area contributed by atoms with Gasteiger partial charge in [-0.2, -0.15) is 0 Å². The van der Waals surface area contributed by atoms with Crippen LogP contribution in [0.4, 0.5) is 0 Å². The molecule has 152 valence electrons. The predicted octanol–water partition coefficient (Wildman–Crippen LogP) is 4.99. The molecule has 5 fully saturated rings. The first kappa shape index (κ1) is 19.3. The number of benzene rings is 1. The third-order valence-electron chi connectivity index (χ3n) is 8.91.